The lowest BCUT2D eigenvalue weighted by Gasteiger charge is -2.22. The van der Waals surface area contributed by atoms with Gasteiger partial charge < -0.3 is 10.1 Å². The second-order valence-electron chi connectivity index (χ2n) is 9.89. The molecule has 3 aromatic rings. The van der Waals surface area contributed by atoms with E-state index in [0.717, 1.165) is 30.6 Å². The largest absolute Gasteiger partial charge is 0.494 e. The Bertz CT molecular complexity index is 1030. The third-order valence-electron chi connectivity index (χ3n) is 5.74. The normalized spacial score (nSPS) is 12.1. The highest BCUT2D eigenvalue weighted by Gasteiger charge is 2.18. The maximum absolute atomic E-state index is 12.3. The monoisotopic (exact) mass is 455 g/mol. The van der Waals surface area contributed by atoms with Crippen molar-refractivity contribution in [3.8, 4) is 11.1 Å². The average molecular weight is 456 g/mol. The summed E-state index contributed by atoms with van der Waals surface area (Å²) in [6.45, 7) is 10.8. The number of rotatable bonds is 11. The van der Waals surface area contributed by atoms with Crippen molar-refractivity contribution in [2.45, 2.75) is 58.6 Å². The molecular weight excluding hydrogens is 418 g/mol. The maximum Gasteiger partial charge on any atom is 0.220 e. The lowest BCUT2D eigenvalue weighted by molar-refractivity contribution is -0.122. The van der Waals surface area contributed by atoms with Gasteiger partial charge in [-0.25, -0.2) is 0 Å². The Morgan fingerprint density at radius 2 is 1.44 bits per heavy atom. The molecule has 0 saturated carbocycles. The Balaban J connectivity index is 1.63. The molecule has 1 N–H and O–H groups in total. The molecular formula is C31H37NO2. The van der Waals surface area contributed by atoms with Gasteiger partial charge in [-0.1, -0.05) is 91.5 Å². The molecule has 178 valence electrons. The first-order valence-corrected chi connectivity index (χ1v) is 12.1. The van der Waals surface area contributed by atoms with Crippen molar-refractivity contribution in [3.05, 3.63) is 108 Å². The molecule has 3 aromatic carbocycles. The molecule has 0 aliphatic carbocycles. The molecule has 1 atom stereocenters. The summed E-state index contributed by atoms with van der Waals surface area (Å²) in [4.78, 5) is 12.3. The lowest BCUT2D eigenvalue weighted by Crippen LogP contribution is -2.40. The molecule has 0 spiro atoms. The Kier molecular flexibility index (Phi) is 9.09. The zero-order chi connectivity index (χ0) is 24.4. The number of amides is 1. The van der Waals surface area contributed by atoms with Crippen molar-refractivity contribution in [1.82, 2.24) is 5.32 Å². The molecule has 0 aromatic heterocycles. The first-order valence-electron chi connectivity index (χ1n) is 12.1. The highest BCUT2D eigenvalue weighted by atomic mass is 16.5. The number of hydrogen-bond donors (Lipinski definition) is 1. The molecule has 0 aliphatic heterocycles. The Labute approximate surface area is 204 Å². The van der Waals surface area contributed by atoms with E-state index in [0.29, 0.717) is 13.0 Å². The summed E-state index contributed by atoms with van der Waals surface area (Å²) < 4.78 is 6.10. The van der Waals surface area contributed by atoms with E-state index >= 15 is 0 Å². The molecule has 0 bridgehead atoms. The minimum Gasteiger partial charge on any atom is -0.494 e. The van der Waals surface area contributed by atoms with Gasteiger partial charge in [-0.05, 0) is 62.3 Å². The van der Waals surface area contributed by atoms with Gasteiger partial charge in [0.05, 0.1) is 5.76 Å². The molecule has 0 unspecified atom stereocenters. The van der Waals surface area contributed by atoms with Gasteiger partial charge in [0.2, 0.25) is 5.91 Å². The fourth-order valence-electron chi connectivity index (χ4n) is 3.98. The third-order valence-corrected chi connectivity index (χ3v) is 5.74. The van der Waals surface area contributed by atoms with Crippen molar-refractivity contribution in [2.24, 2.45) is 5.92 Å². The standard InChI is InChI=1S/C31H37NO2/c1-24(34-23-26-12-7-5-8-13-26)29(16-11-17-30(33)32-31(2,3)4)22-25-18-20-28(21-19-25)27-14-9-6-10-15-27/h5-10,12-15,18-21,29H,1,11,16-17,22-23H2,2-4H3,(H,32,33)/t29-/m0/s1. The van der Waals surface area contributed by atoms with Gasteiger partial charge in [0, 0.05) is 17.9 Å². The minimum absolute atomic E-state index is 0.0919. The van der Waals surface area contributed by atoms with E-state index < -0.39 is 0 Å². The molecule has 0 aliphatic rings. The van der Waals surface area contributed by atoms with Crippen LogP contribution in [0.1, 0.15) is 51.2 Å². The van der Waals surface area contributed by atoms with Crippen LogP contribution in [0.25, 0.3) is 11.1 Å². The Morgan fingerprint density at radius 1 is 0.853 bits per heavy atom. The van der Waals surface area contributed by atoms with E-state index in [2.05, 4.69) is 72.6 Å². The fourth-order valence-corrected chi connectivity index (χ4v) is 3.98. The minimum atomic E-state index is -0.209. The van der Waals surface area contributed by atoms with E-state index in [1.54, 1.807) is 0 Å². The molecule has 0 fully saturated rings. The molecule has 34 heavy (non-hydrogen) atoms. The third kappa shape index (κ3) is 8.55. The van der Waals surface area contributed by atoms with Crippen molar-refractivity contribution >= 4 is 5.91 Å². The topological polar surface area (TPSA) is 38.3 Å². The number of allylic oxidation sites excluding steroid dienone is 1. The number of nitrogens with one attached hydrogen (secondary N) is 1. The summed E-state index contributed by atoms with van der Waals surface area (Å²) in [5.74, 6) is 1.02. The first kappa shape index (κ1) is 25.3. The van der Waals surface area contributed by atoms with E-state index in [1.807, 2.05) is 45.0 Å². The number of ether oxygens (including phenoxy) is 1. The Hall–Kier alpha value is -3.33. The first-order chi connectivity index (χ1) is 16.3. The van der Waals surface area contributed by atoms with Gasteiger partial charge in [-0.2, -0.15) is 0 Å². The summed E-state index contributed by atoms with van der Waals surface area (Å²) in [5.41, 5.74) is 4.58. The van der Waals surface area contributed by atoms with Crippen LogP contribution in [0.5, 0.6) is 0 Å². The van der Waals surface area contributed by atoms with Crippen LogP contribution < -0.4 is 5.32 Å². The van der Waals surface area contributed by atoms with Crippen molar-refractivity contribution in [1.29, 1.82) is 0 Å². The van der Waals surface area contributed by atoms with Gasteiger partial charge >= 0.3 is 0 Å². The molecule has 3 heteroatoms. The highest BCUT2D eigenvalue weighted by molar-refractivity contribution is 5.76. The van der Waals surface area contributed by atoms with Gasteiger partial charge in [0.15, 0.2) is 0 Å². The highest BCUT2D eigenvalue weighted by Crippen LogP contribution is 2.26. The van der Waals surface area contributed by atoms with Gasteiger partial charge in [-0.3, -0.25) is 4.79 Å². The molecule has 0 heterocycles. The van der Waals surface area contributed by atoms with E-state index in [1.165, 1.54) is 16.7 Å². The number of carbonyl (C=O) groups is 1. The smallest absolute Gasteiger partial charge is 0.220 e. The van der Waals surface area contributed by atoms with E-state index in [4.69, 9.17) is 4.74 Å². The predicted octanol–water partition coefficient (Wildman–Crippen LogP) is 7.33. The summed E-state index contributed by atoms with van der Waals surface area (Å²) in [7, 11) is 0. The number of benzene rings is 3. The zero-order valence-electron chi connectivity index (χ0n) is 20.7. The van der Waals surface area contributed by atoms with Crippen LogP contribution in [0.15, 0.2) is 97.3 Å². The predicted molar refractivity (Wildman–Crippen MR) is 141 cm³/mol. The van der Waals surface area contributed by atoms with Crippen LogP contribution in [0, 0.1) is 5.92 Å². The van der Waals surface area contributed by atoms with Crippen LogP contribution in [0.4, 0.5) is 0 Å². The van der Waals surface area contributed by atoms with Crippen molar-refractivity contribution in [3.63, 3.8) is 0 Å². The van der Waals surface area contributed by atoms with Crippen molar-refractivity contribution < 1.29 is 9.53 Å². The zero-order valence-corrected chi connectivity index (χ0v) is 20.7. The summed E-state index contributed by atoms with van der Waals surface area (Å²) in [6, 6.07) is 29.3. The fraction of sp³-hybridized carbons (Fsp3) is 0.323. The second-order valence-corrected chi connectivity index (χ2v) is 9.89. The molecule has 3 rings (SSSR count). The second kappa shape index (κ2) is 12.2. The van der Waals surface area contributed by atoms with E-state index in [-0.39, 0.29) is 17.4 Å². The van der Waals surface area contributed by atoms with Crippen LogP contribution in [0.3, 0.4) is 0 Å². The van der Waals surface area contributed by atoms with Crippen LogP contribution in [0.2, 0.25) is 0 Å². The quantitative estimate of drug-likeness (QED) is 0.307. The molecule has 3 nitrogen and oxygen atoms in total. The summed E-state index contributed by atoms with van der Waals surface area (Å²) in [5, 5.41) is 3.05. The SMILES string of the molecule is C=C(OCc1ccccc1)[C@@H](CCCC(=O)NC(C)(C)C)Cc1ccc(-c2ccccc2)cc1. The summed E-state index contributed by atoms with van der Waals surface area (Å²) in [6.07, 6.45) is 2.99. The van der Waals surface area contributed by atoms with Crippen LogP contribution in [-0.4, -0.2) is 11.4 Å². The van der Waals surface area contributed by atoms with Crippen LogP contribution >= 0.6 is 0 Å². The van der Waals surface area contributed by atoms with E-state index in [9.17, 15) is 4.79 Å². The number of hydrogen-bond acceptors (Lipinski definition) is 2. The van der Waals surface area contributed by atoms with Gasteiger partial charge in [0.25, 0.3) is 0 Å². The Morgan fingerprint density at radius 3 is 2.06 bits per heavy atom. The average Bonchev–Trinajstić information content (AvgIpc) is 2.82. The van der Waals surface area contributed by atoms with Gasteiger partial charge in [-0.15, -0.1) is 0 Å². The lowest BCUT2D eigenvalue weighted by atomic mass is 9.91. The summed E-state index contributed by atoms with van der Waals surface area (Å²) >= 11 is 0. The van der Waals surface area contributed by atoms with Crippen LogP contribution in [-0.2, 0) is 22.6 Å². The molecule has 1 amide bonds. The van der Waals surface area contributed by atoms with Gasteiger partial charge in [0.1, 0.15) is 6.61 Å². The number of carbonyl (C=O) groups excluding carboxylic acids is 1. The maximum atomic E-state index is 12.3. The molecule has 0 saturated heterocycles. The van der Waals surface area contributed by atoms with Crippen molar-refractivity contribution in [2.75, 3.05) is 0 Å². The molecule has 0 radical (unpaired) electrons.